The first-order chi connectivity index (χ1) is 14.3. The summed E-state index contributed by atoms with van der Waals surface area (Å²) >= 11 is 0. The van der Waals surface area contributed by atoms with E-state index < -0.39 is 11.7 Å². The Kier molecular flexibility index (Phi) is 6.40. The normalized spacial score (nSPS) is 14.8. The largest absolute Gasteiger partial charge is 0.416 e. The lowest BCUT2D eigenvalue weighted by molar-refractivity contribution is -0.137. The van der Waals surface area contributed by atoms with E-state index in [1.807, 2.05) is 6.07 Å². The monoisotopic (exact) mass is 415 g/mol. The highest BCUT2D eigenvalue weighted by Crippen LogP contribution is 2.29. The predicted molar refractivity (Wildman–Crippen MR) is 103 cm³/mol. The number of likely N-dealkylation sites (tertiary alicyclic amines) is 1. The van der Waals surface area contributed by atoms with Gasteiger partial charge in [0, 0.05) is 31.1 Å². The third-order valence-electron chi connectivity index (χ3n) is 5.16. The molecule has 1 heterocycles. The third kappa shape index (κ3) is 5.17. The van der Waals surface area contributed by atoms with Crippen LogP contribution in [0.3, 0.4) is 0 Å². The molecule has 0 aliphatic carbocycles. The van der Waals surface area contributed by atoms with Crippen LogP contribution in [0.25, 0.3) is 0 Å². The van der Waals surface area contributed by atoms with Gasteiger partial charge in [-0.1, -0.05) is 12.1 Å². The summed E-state index contributed by atoms with van der Waals surface area (Å²) in [5.41, 5.74) is 0.843. The van der Waals surface area contributed by atoms with Crippen LogP contribution in [-0.2, 0) is 17.5 Å². The summed E-state index contributed by atoms with van der Waals surface area (Å²) in [7, 11) is 0. The Labute approximate surface area is 172 Å². The molecule has 1 aliphatic heterocycles. The number of nitrogens with one attached hydrogen (secondary N) is 1. The molecule has 1 saturated heterocycles. The lowest BCUT2D eigenvalue weighted by Gasteiger charge is -2.31. The molecule has 0 radical (unpaired) electrons. The summed E-state index contributed by atoms with van der Waals surface area (Å²) in [5, 5.41) is 11.6. The molecular formula is C22H20F3N3O2. The average molecular weight is 415 g/mol. The van der Waals surface area contributed by atoms with Gasteiger partial charge in [-0.3, -0.25) is 9.59 Å². The lowest BCUT2D eigenvalue weighted by Crippen LogP contribution is -2.42. The number of alkyl halides is 3. The molecule has 3 rings (SSSR count). The van der Waals surface area contributed by atoms with Gasteiger partial charge in [0.15, 0.2) is 0 Å². The molecule has 0 aromatic heterocycles. The smallest absolute Gasteiger partial charge is 0.352 e. The predicted octanol–water partition coefficient (Wildman–Crippen LogP) is 3.75. The second kappa shape index (κ2) is 8.99. The van der Waals surface area contributed by atoms with Crippen LogP contribution in [-0.4, -0.2) is 29.8 Å². The molecule has 0 saturated carbocycles. The van der Waals surface area contributed by atoms with Crippen molar-refractivity contribution in [2.75, 3.05) is 13.1 Å². The Balaban J connectivity index is 1.48. The summed E-state index contributed by atoms with van der Waals surface area (Å²) in [4.78, 5) is 26.6. The number of piperidine rings is 1. The Morgan fingerprint density at radius 3 is 2.17 bits per heavy atom. The molecule has 0 bridgehead atoms. The maximum atomic E-state index is 12.6. The van der Waals surface area contributed by atoms with E-state index in [1.54, 1.807) is 29.2 Å². The fraction of sp³-hybridized carbons (Fsp3) is 0.318. The maximum absolute atomic E-state index is 12.6. The molecule has 2 aromatic carbocycles. The minimum atomic E-state index is -4.38. The molecule has 1 fully saturated rings. The van der Waals surface area contributed by atoms with Crippen LogP contribution in [0, 0.1) is 17.2 Å². The van der Waals surface area contributed by atoms with Gasteiger partial charge in [0.25, 0.3) is 5.91 Å². The standard InChI is InChI=1S/C22H20F3N3O2/c23-22(24,25)19-7-3-16(4-8-19)14-27-20(29)17-9-11-28(12-10-17)21(30)18-5-1-15(13-26)2-6-18/h1-8,17H,9-12,14H2,(H,27,29). The number of nitrogens with zero attached hydrogens (tertiary/aromatic N) is 2. The highest BCUT2D eigenvalue weighted by Gasteiger charge is 2.30. The van der Waals surface area contributed by atoms with Crippen LogP contribution in [0.4, 0.5) is 13.2 Å². The van der Waals surface area contributed by atoms with Crippen molar-refractivity contribution < 1.29 is 22.8 Å². The number of amides is 2. The van der Waals surface area contributed by atoms with Crippen LogP contribution in [0.2, 0.25) is 0 Å². The first-order valence-electron chi connectivity index (χ1n) is 9.51. The Morgan fingerprint density at radius 1 is 1.03 bits per heavy atom. The number of benzene rings is 2. The first kappa shape index (κ1) is 21.4. The van der Waals surface area contributed by atoms with Gasteiger partial charge in [-0.25, -0.2) is 0 Å². The van der Waals surface area contributed by atoms with Crippen LogP contribution < -0.4 is 5.32 Å². The molecule has 8 heteroatoms. The molecule has 5 nitrogen and oxygen atoms in total. The Hall–Kier alpha value is -3.34. The van der Waals surface area contributed by atoms with Crippen molar-refractivity contribution in [1.29, 1.82) is 5.26 Å². The molecule has 2 amide bonds. The molecule has 156 valence electrons. The molecule has 0 atom stereocenters. The van der Waals surface area contributed by atoms with Crippen LogP contribution in [0.1, 0.15) is 39.9 Å². The van der Waals surface area contributed by atoms with E-state index in [1.165, 1.54) is 12.1 Å². The highest BCUT2D eigenvalue weighted by molar-refractivity contribution is 5.94. The summed E-state index contributed by atoms with van der Waals surface area (Å²) in [6.45, 7) is 1.04. The van der Waals surface area contributed by atoms with Crippen molar-refractivity contribution >= 4 is 11.8 Å². The van der Waals surface area contributed by atoms with E-state index >= 15 is 0 Å². The third-order valence-corrected chi connectivity index (χ3v) is 5.16. The molecule has 1 N–H and O–H groups in total. The van der Waals surface area contributed by atoms with Crippen molar-refractivity contribution in [3.63, 3.8) is 0 Å². The van der Waals surface area contributed by atoms with Crippen molar-refractivity contribution in [3.05, 3.63) is 70.8 Å². The number of rotatable bonds is 4. The number of carbonyl (C=O) groups excluding carboxylic acids is 2. The molecule has 30 heavy (non-hydrogen) atoms. The van der Waals surface area contributed by atoms with E-state index in [4.69, 9.17) is 5.26 Å². The number of halogens is 3. The summed E-state index contributed by atoms with van der Waals surface area (Å²) < 4.78 is 37.8. The van der Waals surface area contributed by atoms with Gasteiger partial charge in [0.2, 0.25) is 5.91 Å². The second-order valence-corrected chi connectivity index (χ2v) is 7.17. The fourth-order valence-electron chi connectivity index (χ4n) is 3.36. The topological polar surface area (TPSA) is 73.2 Å². The fourth-order valence-corrected chi connectivity index (χ4v) is 3.36. The van der Waals surface area contributed by atoms with Gasteiger partial charge in [-0.05, 0) is 54.8 Å². The number of carbonyl (C=O) groups is 2. The summed E-state index contributed by atoms with van der Waals surface area (Å²) in [6.07, 6.45) is -3.35. The molecular weight excluding hydrogens is 395 g/mol. The van der Waals surface area contributed by atoms with Crippen molar-refractivity contribution in [2.24, 2.45) is 5.92 Å². The first-order valence-corrected chi connectivity index (χ1v) is 9.51. The maximum Gasteiger partial charge on any atom is 0.416 e. The van der Waals surface area contributed by atoms with Crippen molar-refractivity contribution in [2.45, 2.75) is 25.6 Å². The van der Waals surface area contributed by atoms with E-state index in [2.05, 4.69) is 5.32 Å². The summed E-state index contributed by atoms with van der Waals surface area (Å²) in [5.74, 6) is -0.548. The molecule has 0 spiro atoms. The zero-order valence-electron chi connectivity index (χ0n) is 16.1. The van der Waals surface area contributed by atoms with Gasteiger partial charge >= 0.3 is 6.18 Å². The second-order valence-electron chi connectivity index (χ2n) is 7.17. The number of hydrogen-bond donors (Lipinski definition) is 1. The molecule has 2 aromatic rings. The average Bonchev–Trinajstić information content (AvgIpc) is 2.77. The van der Waals surface area contributed by atoms with E-state index in [0.29, 0.717) is 42.6 Å². The quantitative estimate of drug-likeness (QED) is 0.827. The van der Waals surface area contributed by atoms with Crippen LogP contribution >= 0.6 is 0 Å². The summed E-state index contributed by atoms with van der Waals surface area (Å²) in [6, 6.07) is 13.1. The molecule has 0 unspecified atom stereocenters. The minimum absolute atomic E-state index is 0.136. The zero-order valence-corrected chi connectivity index (χ0v) is 16.1. The Morgan fingerprint density at radius 2 is 1.63 bits per heavy atom. The van der Waals surface area contributed by atoms with E-state index in [9.17, 15) is 22.8 Å². The van der Waals surface area contributed by atoms with E-state index in [0.717, 1.165) is 12.1 Å². The van der Waals surface area contributed by atoms with Crippen molar-refractivity contribution in [3.8, 4) is 6.07 Å². The Bertz CT molecular complexity index is 940. The van der Waals surface area contributed by atoms with Gasteiger partial charge in [-0.15, -0.1) is 0 Å². The number of hydrogen-bond acceptors (Lipinski definition) is 3. The van der Waals surface area contributed by atoms with Gasteiger partial charge < -0.3 is 10.2 Å². The van der Waals surface area contributed by atoms with Gasteiger partial charge in [0.1, 0.15) is 0 Å². The van der Waals surface area contributed by atoms with Crippen LogP contribution in [0.15, 0.2) is 48.5 Å². The van der Waals surface area contributed by atoms with E-state index in [-0.39, 0.29) is 24.3 Å². The minimum Gasteiger partial charge on any atom is -0.352 e. The SMILES string of the molecule is N#Cc1ccc(C(=O)N2CCC(C(=O)NCc3ccc(C(F)(F)F)cc3)CC2)cc1. The van der Waals surface area contributed by atoms with Crippen LogP contribution in [0.5, 0.6) is 0 Å². The lowest BCUT2D eigenvalue weighted by atomic mass is 9.95. The van der Waals surface area contributed by atoms with Gasteiger partial charge in [0.05, 0.1) is 17.2 Å². The van der Waals surface area contributed by atoms with Gasteiger partial charge in [-0.2, -0.15) is 18.4 Å². The van der Waals surface area contributed by atoms with Crippen molar-refractivity contribution in [1.82, 2.24) is 10.2 Å². The number of nitriles is 1. The zero-order chi connectivity index (χ0) is 21.7. The highest BCUT2D eigenvalue weighted by atomic mass is 19.4. The molecule has 1 aliphatic rings.